The highest BCUT2D eigenvalue weighted by atomic mass is 19.1. The fraction of sp³-hybridized carbons (Fsp3) is 0.269. The number of amides is 2. The lowest BCUT2D eigenvalue weighted by atomic mass is 10.1. The standard InChI is InChI=1S/C26H27FN2O4/c1-31-23-12-11-22(16-25(23)33-18-19-7-4-3-5-8-19)29-14-6-13-28(26(29)30)17-20-9-10-21(27)15-24(20)32-2/h3-5,7-12,15-16H,6,13-14,17-18H2,1-2H3. The Morgan fingerprint density at radius 3 is 2.42 bits per heavy atom. The quantitative estimate of drug-likeness (QED) is 0.470. The van der Waals surface area contributed by atoms with Crippen molar-refractivity contribution in [2.75, 3.05) is 32.2 Å². The molecule has 0 atom stereocenters. The maximum absolute atomic E-state index is 13.6. The molecule has 3 aromatic rings. The van der Waals surface area contributed by atoms with Gasteiger partial charge in [0.25, 0.3) is 0 Å². The van der Waals surface area contributed by atoms with Gasteiger partial charge in [-0.1, -0.05) is 36.4 Å². The van der Waals surface area contributed by atoms with Crippen molar-refractivity contribution in [2.24, 2.45) is 0 Å². The molecule has 0 unspecified atom stereocenters. The third-order valence-corrected chi connectivity index (χ3v) is 5.62. The highest BCUT2D eigenvalue weighted by Gasteiger charge is 2.28. The van der Waals surface area contributed by atoms with Crippen LogP contribution in [0.15, 0.2) is 66.7 Å². The van der Waals surface area contributed by atoms with Gasteiger partial charge in [0.15, 0.2) is 11.5 Å². The van der Waals surface area contributed by atoms with Gasteiger partial charge < -0.3 is 19.1 Å². The van der Waals surface area contributed by atoms with Gasteiger partial charge in [0, 0.05) is 36.5 Å². The first kappa shape index (κ1) is 22.5. The second-order valence-corrected chi connectivity index (χ2v) is 7.77. The number of urea groups is 1. The minimum absolute atomic E-state index is 0.119. The summed E-state index contributed by atoms with van der Waals surface area (Å²) in [6, 6.07) is 19.6. The van der Waals surface area contributed by atoms with Crippen molar-refractivity contribution >= 4 is 11.7 Å². The van der Waals surface area contributed by atoms with Crippen molar-refractivity contribution in [3.8, 4) is 17.2 Å². The third kappa shape index (κ3) is 5.19. The molecule has 1 fully saturated rings. The predicted molar refractivity (Wildman–Crippen MR) is 124 cm³/mol. The van der Waals surface area contributed by atoms with Crippen LogP contribution in [0.1, 0.15) is 17.5 Å². The lowest BCUT2D eigenvalue weighted by Crippen LogP contribution is -2.49. The number of rotatable bonds is 8. The van der Waals surface area contributed by atoms with Gasteiger partial charge in [-0.05, 0) is 30.2 Å². The largest absolute Gasteiger partial charge is 0.496 e. The molecule has 1 aliphatic rings. The minimum atomic E-state index is -0.372. The number of nitrogens with zero attached hydrogens (tertiary/aromatic N) is 2. The fourth-order valence-corrected chi connectivity index (χ4v) is 3.90. The number of benzene rings is 3. The van der Waals surface area contributed by atoms with Gasteiger partial charge in [-0.3, -0.25) is 4.90 Å². The van der Waals surface area contributed by atoms with Crippen molar-refractivity contribution in [1.29, 1.82) is 0 Å². The number of hydrogen-bond acceptors (Lipinski definition) is 4. The van der Waals surface area contributed by atoms with Gasteiger partial charge in [0.05, 0.1) is 20.8 Å². The number of hydrogen-bond donors (Lipinski definition) is 0. The van der Waals surface area contributed by atoms with E-state index in [4.69, 9.17) is 14.2 Å². The Hall–Kier alpha value is -3.74. The summed E-state index contributed by atoms with van der Waals surface area (Å²) in [5.41, 5.74) is 2.54. The molecule has 3 aromatic carbocycles. The van der Waals surface area contributed by atoms with Gasteiger partial charge in [-0.2, -0.15) is 0 Å². The van der Waals surface area contributed by atoms with E-state index in [2.05, 4.69) is 0 Å². The van der Waals surface area contributed by atoms with Crippen molar-refractivity contribution < 1.29 is 23.4 Å². The second-order valence-electron chi connectivity index (χ2n) is 7.77. The number of methoxy groups -OCH3 is 2. The summed E-state index contributed by atoms with van der Waals surface area (Å²) in [6.07, 6.45) is 0.807. The zero-order chi connectivity index (χ0) is 23.2. The van der Waals surface area contributed by atoms with Crippen molar-refractivity contribution in [1.82, 2.24) is 4.90 Å². The molecule has 0 radical (unpaired) electrons. The fourth-order valence-electron chi connectivity index (χ4n) is 3.90. The molecule has 0 spiro atoms. The summed E-state index contributed by atoms with van der Waals surface area (Å²) in [4.78, 5) is 16.8. The highest BCUT2D eigenvalue weighted by Crippen LogP contribution is 2.34. The first-order valence-electron chi connectivity index (χ1n) is 10.8. The molecule has 1 saturated heterocycles. The average molecular weight is 451 g/mol. The monoisotopic (exact) mass is 450 g/mol. The molecule has 0 N–H and O–H groups in total. The van der Waals surface area contributed by atoms with Gasteiger partial charge in [0.1, 0.15) is 18.2 Å². The number of carbonyl (C=O) groups is 1. The number of ether oxygens (including phenoxy) is 3. The summed E-state index contributed by atoms with van der Waals surface area (Å²) in [6.45, 7) is 1.95. The summed E-state index contributed by atoms with van der Waals surface area (Å²) >= 11 is 0. The van der Waals surface area contributed by atoms with E-state index in [9.17, 15) is 9.18 Å². The maximum Gasteiger partial charge on any atom is 0.324 e. The second kappa shape index (κ2) is 10.3. The predicted octanol–water partition coefficient (Wildman–Crippen LogP) is 5.25. The molecule has 2 amide bonds. The van der Waals surface area contributed by atoms with Crippen LogP contribution in [0.2, 0.25) is 0 Å². The van der Waals surface area contributed by atoms with Gasteiger partial charge in [-0.15, -0.1) is 0 Å². The van der Waals surface area contributed by atoms with Gasteiger partial charge in [0.2, 0.25) is 0 Å². The highest BCUT2D eigenvalue weighted by molar-refractivity contribution is 5.93. The van der Waals surface area contributed by atoms with Crippen LogP contribution in [0, 0.1) is 5.82 Å². The topological polar surface area (TPSA) is 51.2 Å². The number of carbonyl (C=O) groups excluding carboxylic acids is 1. The molecule has 7 heteroatoms. The van der Waals surface area contributed by atoms with Crippen LogP contribution in [0.5, 0.6) is 17.2 Å². The summed E-state index contributed by atoms with van der Waals surface area (Å²) in [5, 5.41) is 0. The zero-order valence-corrected chi connectivity index (χ0v) is 18.8. The Morgan fingerprint density at radius 1 is 0.879 bits per heavy atom. The number of anilines is 1. The molecular weight excluding hydrogens is 423 g/mol. The van der Waals surface area contributed by atoms with Crippen molar-refractivity contribution in [3.05, 3.63) is 83.7 Å². The molecule has 0 bridgehead atoms. The first-order valence-corrected chi connectivity index (χ1v) is 10.8. The first-order chi connectivity index (χ1) is 16.1. The van der Waals surface area contributed by atoms with Crippen LogP contribution in [-0.4, -0.2) is 38.2 Å². The summed E-state index contributed by atoms with van der Waals surface area (Å²) in [7, 11) is 3.09. The Bertz CT molecular complexity index is 1110. The SMILES string of the molecule is COc1cc(F)ccc1CN1CCCN(c2ccc(OC)c(OCc3ccccc3)c2)C1=O. The third-order valence-electron chi connectivity index (χ3n) is 5.62. The molecule has 0 aliphatic carbocycles. The molecule has 0 saturated carbocycles. The molecule has 33 heavy (non-hydrogen) atoms. The van der Waals surface area contributed by atoms with E-state index < -0.39 is 0 Å². The van der Waals surface area contributed by atoms with Crippen molar-refractivity contribution in [3.63, 3.8) is 0 Å². The Morgan fingerprint density at radius 2 is 1.67 bits per heavy atom. The van der Waals surface area contributed by atoms with E-state index in [0.717, 1.165) is 23.2 Å². The van der Waals surface area contributed by atoms with E-state index in [1.54, 1.807) is 23.0 Å². The molecule has 0 aromatic heterocycles. The van der Waals surface area contributed by atoms with Crippen LogP contribution in [0.25, 0.3) is 0 Å². The van der Waals surface area contributed by atoms with Crippen LogP contribution >= 0.6 is 0 Å². The van der Waals surface area contributed by atoms with Crippen molar-refractivity contribution in [2.45, 2.75) is 19.6 Å². The summed E-state index contributed by atoms with van der Waals surface area (Å²) < 4.78 is 30.3. The van der Waals surface area contributed by atoms with Crippen LogP contribution in [-0.2, 0) is 13.2 Å². The van der Waals surface area contributed by atoms with Crippen LogP contribution in [0.3, 0.4) is 0 Å². The van der Waals surface area contributed by atoms with E-state index in [-0.39, 0.29) is 11.8 Å². The number of halogens is 1. The van der Waals surface area contributed by atoms with E-state index in [1.807, 2.05) is 48.5 Å². The molecule has 172 valence electrons. The summed E-state index contributed by atoms with van der Waals surface area (Å²) in [5.74, 6) is 1.24. The normalized spacial score (nSPS) is 13.7. The van der Waals surface area contributed by atoms with Gasteiger partial charge in [-0.25, -0.2) is 9.18 Å². The Balaban J connectivity index is 1.52. The van der Waals surface area contributed by atoms with Crippen LogP contribution < -0.4 is 19.1 Å². The molecule has 1 aliphatic heterocycles. The van der Waals surface area contributed by atoms with E-state index in [0.29, 0.717) is 43.5 Å². The molecule has 4 rings (SSSR count). The Labute approximate surface area is 193 Å². The zero-order valence-electron chi connectivity index (χ0n) is 18.8. The molecule has 1 heterocycles. The average Bonchev–Trinajstić information content (AvgIpc) is 2.85. The Kier molecular flexibility index (Phi) is 6.98. The smallest absolute Gasteiger partial charge is 0.324 e. The molecule has 6 nitrogen and oxygen atoms in total. The lowest BCUT2D eigenvalue weighted by Gasteiger charge is -2.36. The molecular formula is C26H27FN2O4. The van der Waals surface area contributed by atoms with Gasteiger partial charge >= 0.3 is 6.03 Å². The van der Waals surface area contributed by atoms with Crippen LogP contribution in [0.4, 0.5) is 14.9 Å². The van der Waals surface area contributed by atoms with E-state index >= 15 is 0 Å². The minimum Gasteiger partial charge on any atom is -0.496 e. The van der Waals surface area contributed by atoms with E-state index in [1.165, 1.54) is 19.2 Å². The lowest BCUT2D eigenvalue weighted by molar-refractivity contribution is 0.191. The maximum atomic E-state index is 13.6.